The minimum atomic E-state index is -0.867. The lowest BCUT2D eigenvalue weighted by atomic mass is 9.70. The van der Waals surface area contributed by atoms with Gasteiger partial charge in [0.05, 0.1) is 73.7 Å². The Morgan fingerprint density at radius 2 is 0.337 bits per heavy atom. The molecule has 0 aliphatic heterocycles. The van der Waals surface area contributed by atoms with Crippen LogP contribution in [0.4, 0.5) is 68.2 Å². The minimum Gasteiger partial charge on any atom is -0.294 e. The lowest BCUT2D eigenvalue weighted by Crippen LogP contribution is -2.29. The van der Waals surface area contributed by atoms with Crippen molar-refractivity contribution in [1.82, 2.24) is 0 Å². The summed E-state index contributed by atoms with van der Waals surface area (Å²) in [5.41, 5.74) is 46.1. The number of hydrazine groups is 4. The van der Waals surface area contributed by atoms with Crippen LogP contribution >= 0.6 is 0 Å². The molecule has 0 amide bonds. The predicted octanol–water partition coefficient (Wildman–Crippen LogP) is 21.2. The summed E-state index contributed by atoms with van der Waals surface area (Å²) in [4.78, 5) is 0. The molecule has 0 bridgehead atoms. The van der Waals surface area contributed by atoms with Crippen molar-refractivity contribution in [2.75, 3.05) is 41.7 Å². The normalized spacial score (nSPS) is 12.1. The van der Waals surface area contributed by atoms with Crippen LogP contribution in [0, 0.1) is 55.4 Å². The predicted molar refractivity (Wildman–Crippen MR) is 375 cm³/mol. The van der Waals surface area contributed by atoms with Gasteiger partial charge in [-0.2, -0.15) is 0 Å². The Morgan fingerprint density at radius 3 is 0.483 bits per heavy atom. The average Bonchev–Trinajstić information content (AvgIpc) is 1.51. The summed E-state index contributed by atoms with van der Waals surface area (Å²) in [5, 5.41) is 8.83. The lowest BCUT2D eigenvalue weighted by molar-refractivity contribution is 0.794. The number of nitrogens with zero attached hydrogens (tertiary/aromatic N) is 4. The average molecular weight is 1160 g/mol. The maximum absolute atomic E-state index is 3.98. The molecule has 0 saturated carbocycles. The summed E-state index contributed by atoms with van der Waals surface area (Å²) in [6.45, 7) is 17.1. The fourth-order valence-electron chi connectivity index (χ4n) is 12.7. The Kier molecular flexibility index (Phi) is 14.5. The van der Waals surface area contributed by atoms with Crippen LogP contribution in [-0.4, -0.2) is 0 Å². The van der Waals surface area contributed by atoms with Crippen LogP contribution in [0.15, 0.2) is 267 Å². The molecule has 2 aliphatic carbocycles. The Morgan fingerprint density at radius 1 is 0.191 bits per heavy atom. The molecular weight excluding hydrogens is 1080 g/mol. The van der Waals surface area contributed by atoms with Crippen molar-refractivity contribution >= 4 is 68.2 Å². The van der Waals surface area contributed by atoms with Crippen LogP contribution in [0.1, 0.15) is 66.8 Å². The third kappa shape index (κ3) is 10.7. The second-order valence-corrected chi connectivity index (χ2v) is 24.3. The van der Waals surface area contributed by atoms with Crippen LogP contribution in [0.5, 0.6) is 0 Å². The second-order valence-electron chi connectivity index (χ2n) is 24.3. The molecule has 0 atom stereocenters. The molecule has 2 aliphatic rings. The number of benzene rings is 12. The SMILES string of the molecule is Cc1ccc(N(Nc2ccc3c(c2)C2(c4cc(NN(c5ccc(C)cc5)c5ccc(C)cc5)ccc4-3)c3cc(NN(c4ccc(C)cc4)c4ccc(C)cc4)ccc3-c3ccc(NN(c4ccc(C)cc4)c4ccc(C)cc4)cc32)c2ccc(C)cc2)cc1. The van der Waals surface area contributed by atoms with E-state index in [1.54, 1.807) is 0 Å². The van der Waals surface area contributed by atoms with Gasteiger partial charge in [-0.3, -0.25) is 41.7 Å². The molecule has 12 aromatic rings. The quantitative estimate of drug-likeness (QED) is 0.0714. The number of fused-ring (bicyclic) bond motifs is 10. The van der Waals surface area contributed by atoms with E-state index in [1.165, 1.54) is 89.0 Å². The lowest BCUT2D eigenvalue weighted by Gasteiger charge is -2.34. The monoisotopic (exact) mass is 1160 g/mol. The van der Waals surface area contributed by atoms with E-state index in [4.69, 9.17) is 0 Å². The molecule has 14 rings (SSSR count). The summed E-state index contributed by atoms with van der Waals surface area (Å²) < 4.78 is 0. The van der Waals surface area contributed by atoms with Gasteiger partial charge in [-0.05, 0) is 245 Å². The smallest absolute Gasteiger partial charge is 0.0728 e. The standard InChI is InChI=1S/C81H72N8/c1-53-9-29-65(30-10-53)86(66-31-11-54(2)12-32-66)82-61-25-45-73-74-46-26-62(83-87(67-33-13-55(3)14-34-67)68-35-15-56(4)16-36-68)50-78(74)81(77(73)49-61)79-51-63(84-88(69-37-17-57(5)18-38-69)70-39-19-58(6)20-40-70)27-47-75(79)76-48-28-64(52-80(76)81)85-89(71-41-21-59(7)22-42-71)72-43-23-60(8)24-44-72/h9-52,82-85H,1-8H3. The van der Waals surface area contributed by atoms with E-state index in [0.29, 0.717) is 0 Å². The van der Waals surface area contributed by atoms with E-state index in [1.807, 2.05) is 0 Å². The Bertz CT molecular complexity index is 3770. The zero-order valence-electron chi connectivity index (χ0n) is 51.7. The number of anilines is 12. The summed E-state index contributed by atoms with van der Waals surface area (Å²) in [5.74, 6) is 0. The first kappa shape index (κ1) is 55.9. The van der Waals surface area contributed by atoms with Crippen LogP contribution in [0.3, 0.4) is 0 Å². The first-order valence-corrected chi connectivity index (χ1v) is 30.7. The van der Waals surface area contributed by atoms with Crippen molar-refractivity contribution in [1.29, 1.82) is 0 Å². The summed E-state index contributed by atoms with van der Waals surface area (Å²) in [7, 11) is 0. The molecule has 4 N–H and O–H groups in total. The van der Waals surface area contributed by atoms with Gasteiger partial charge in [-0.25, -0.2) is 0 Å². The first-order valence-electron chi connectivity index (χ1n) is 30.7. The fourth-order valence-corrected chi connectivity index (χ4v) is 12.7. The summed E-state index contributed by atoms with van der Waals surface area (Å²) in [6, 6.07) is 97.9. The highest BCUT2D eigenvalue weighted by molar-refractivity contribution is 5.98. The molecule has 12 aromatic carbocycles. The molecular formula is C81H72N8. The van der Waals surface area contributed by atoms with Crippen molar-refractivity contribution in [3.8, 4) is 22.3 Å². The molecule has 0 unspecified atom stereocenters. The second kappa shape index (κ2) is 23.0. The third-order valence-electron chi connectivity index (χ3n) is 17.6. The number of nitrogens with one attached hydrogen (secondary N) is 4. The van der Waals surface area contributed by atoms with E-state index < -0.39 is 5.41 Å². The van der Waals surface area contributed by atoms with Gasteiger partial charge in [-0.1, -0.05) is 166 Å². The highest BCUT2D eigenvalue weighted by Gasteiger charge is 2.52. The molecule has 1 spiro atoms. The van der Waals surface area contributed by atoms with E-state index in [2.05, 4.69) is 364 Å². The first-order chi connectivity index (χ1) is 43.3. The Balaban J connectivity index is 1.00. The van der Waals surface area contributed by atoms with Gasteiger partial charge in [0.2, 0.25) is 0 Å². The Hall–Kier alpha value is -11.0. The van der Waals surface area contributed by atoms with Gasteiger partial charge in [-0.15, -0.1) is 0 Å². The minimum absolute atomic E-state index is 0.867. The molecule has 0 aromatic heterocycles. The number of aryl methyl sites for hydroxylation is 8. The van der Waals surface area contributed by atoms with Crippen molar-refractivity contribution < 1.29 is 0 Å². The summed E-state index contributed by atoms with van der Waals surface area (Å²) >= 11 is 0. The maximum atomic E-state index is 3.98. The van der Waals surface area contributed by atoms with E-state index in [-0.39, 0.29) is 0 Å². The maximum Gasteiger partial charge on any atom is 0.0728 e. The van der Waals surface area contributed by atoms with Gasteiger partial charge in [0.25, 0.3) is 0 Å². The van der Waals surface area contributed by atoms with Crippen molar-refractivity contribution in [2.45, 2.75) is 60.8 Å². The highest BCUT2D eigenvalue weighted by Crippen LogP contribution is 2.64. The van der Waals surface area contributed by atoms with Gasteiger partial charge >= 0.3 is 0 Å². The molecule has 0 radical (unpaired) electrons. The van der Waals surface area contributed by atoms with Gasteiger partial charge < -0.3 is 0 Å². The van der Waals surface area contributed by atoms with Gasteiger partial charge in [0.1, 0.15) is 0 Å². The molecule has 0 saturated heterocycles. The zero-order chi connectivity index (χ0) is 60.9. The zero-order valence-corrected chi connectivity index (χ0v) is 51.7. The summed E-state index contributed by atoms with van der Waals surface area (Å²) in [6.07, 6.45) is 0. The van der Waals surface area contributed by atoms with E-state index >= 15 is 0 Å². The molecule has 436 valence electrons. The van der Waals surface area contributed by atoms with Crippen LogP contribution in [0.25, 0.3) is 22.3 Å². The highest BCUT2D eigenvalue weighted by atomic mass is 15.5. The molecule has 0 heterocycles. The van der Waals surface area contributed by atoms with Crippen molar-refractivity contribution in [2.24, 2.45) is 0 Å². The van der Waals surface area contributed by atoms with Crippen LogP contribution < -0.4 is 41.7 Å². The largest absolute Gasteiger partial charge is 0.294 e. The van der Waals surface area contributed by atoms with Crippen molar-refractivity contribution in [3.05, 3.63) is 334 Å². The number of hydrogen-bond acceptors (Lipinski definition) is 8. The number of rotatable bonds is 16. The van der Waals surface area contributed by atoms with E-state index in [0.717, 1.165) is 68.2 Å². The fraction of sp³-hybridized carbons (Fsp3) is 0.111. The molecule has 8 nitrogen and oxygen atoms in total. The van der Waals surface area contributed by atoms with Gasteiger partial charge in [0.15, 0.2) is 0 Å². The topological polar surface area (TPSA) is 61.1 Å². The van der Waals surface area contributed by atoms with Crippen LogP contribution in [0.2, 0.25) is 0 Å². The molecule has 89 heavy (non-hydrogen) atoms. The van der Waals surface area contributed by atoms with E-state index in [9.17, 15) is 0 Å². The third-order valence-corrected chi connectivity index (χ3v) is 17.6. The Labute approximate surface area is 523 Å². The molecule has 0 fully saturated rings. The van der Waals surface area contributed by atoms with Gasteiger partial charge in [0, 0.05) is 0 Å². The molecule has 8 heteroatoms. The number of hydrogen-bond donors (Lipinski definition) is 4. The van der Waals surface area contributed by atoms with Crippen molar-refractivity contribution in [3.63, 3.8) is 0 Å². The van der Waals surface area contributed by atoms with Crippen LogP contribution in [-0.2, 0) is 5.41 Å².